The van der Waals surface area contributed by atoms with E-state index in [2.05, 4.69) is 13.8 Å². The van der Waals surface area contributed by atoms with Gasteiger partial charge in [0.2, 0.25) is 0 Å². The smallest absolute Gasteiger partial charge is 0.0611 e. The van der Waals surface area contributed by atoms with Crippen molar-refractivity contribution in [2.24, 2.45) is 23.5 Å². The molecule has 0 aromatic carbocycles. The summed E-state index contributed by atoms with van der Waals surface area (Å²) < 4.78 is 0. The maximum absolute atomic E-state index is 10.1. The maximum Gasteiger partial charge on any atom is 0.0611 e. The van der Waals surface area contributed by atoms with E-state index in [-0.39, 0.29) is 6.10 Å². The van der Waals surface area contributed by atoms with Gasteiger partial charge in [-0.15, -0.1) is 0 Å². The number of hydrogen-bond acceptors (Lipinski definition) is 2. The van der Waals surface area contributed by atoms with Crippen LogP contribution in [-0.4, -0.2) is 17.8 Å². The molecular formula is C11H23NO. The largest absolute Gasteiger partial charge is 0.392 e. The Morgan fingerprint density at radius 3 is 2.23 bits per heavy atom. The molecule has 0 radical (unpaired) electrons. The highest BCUT2D eigenvalue weighted by Gasteiger charge is 2.30. The summed E-state index contributed by atoms with van der Waals surface area (Å²) in [4.78, 5) is 0. The van der Waals surface area contributed by atoms with E-state index in [1.807, 2.05) is 0 Å². The summed E-state index contributed by atoms with van der Waals surface area (Å²) in [5.41, 5.74) is 5.68. The normalized spacial score (nSPS) is 23.8. The highest BCUT2D eigenvalue weighted by atomic mass is 16.3. The zero-order chi connectivity index (χ0) is 9.84. The van der Waals surface area contributed by atoms with Crippen molar-refractivity contribution in [3.05, 3.63) is 0 Å². The molecule has 0 heterocycles. The van der Waals surface area contributed by atoms with Gasteiger partial charge in [-0.25, -0.2) is 0 Å². The maximum atomic E-state index is 10.1. The Hall–Kier alpha value is -0.0800. The van der Waals surface area contributed by atoms with Crippen LogP contribution in [-0.2, 0) is 0 Å². The van der Waals surface area contributed by atoms with Gasteiger partial charge in [-0.05, 0) is 37.1 Å². The Bertz CT molecular complexity index is 141. The van der Waals surface area contributed by atoms with E-state index in [9.17, 15) is 5.11 Å². The summed E-state index contributed by atoms with van der Waals surface area (Å²) in [7, 11) is 0. The molecule has 2 unspecified atom stereocenters. The van der Waals surface area contributed by atoms with Crippen molar-refractivity contribution in [3.8, 4) is 0 Å². The molecule has 13 heavy (non-hydrogen) atoms. The van der Waals surface area contributed by atoms with Crippen molar-refractivity contribution < 1.29 is 5.11 Å². The molecule has 3 N–H and O–H groups in total. The summed E-state index contributed by atoms with van der Waals surface area (Å²) >= 11 is 0. The van der Waals surface area contributed by atoms with Gasteiger partial charge in [0.05, 0.1) is 6.10 Å². The highest BCUT2D eigenvalue weighted by molar-refractivity contribution is 4.82. The minimum Gasteiger partial charge on any atom is -0.392 e. The van der Waals surface area contributed by atoms with Crippen LogP contribution in [0.3, 0.4) is 0 Å². The van der Waals surface area contributed by atoms with Crippen molar-refractivity contribution in [2.45, 2.75) is 45.6 Å². The van der Waals surface area contributed by atoms with Crippen LogP contribution in [0.5, 0.6) is 0 Å². The lowest BCUT2D eigenvalue weighted by Crippen LogP contribution is -2.36. The average Bonchev–Trinajstić information content (AvgIpc) is 2.56. The lowest BCUT2D eigenvalue weighted by atomic mass is 9.83. The topological polar surface area (TPSA) is 46.2 Å². The monoisotopic (exact) mass is 185 g/mol. The van der Waals surface area contributed by atoms with Crippen LogP contribution in [0, 0.1) is 17.8 Å². The first-order chi connectivity index (χ1) is 6.16. The van der Waals surface area contributed by atoms with E-state index in [0.717, 1.165) is 0 Å². The summed E-state index contributed by atoms with van der Waals surface area (Å²) in [5.74, 6) is 1.32. The van der Waals surface area contributed by atoms with Gasteiger partial charge in [0, 0.05) is 0 Å². The zero-order valence-corrected chi connectivity index (χ0v) is 8.87. The van der Waals surface area contributed by atoms with E-state index < -0.39 is 0 Å². The third kappa shape index (κ3) is 2.68. The Kier molecular flexibility index (Phi) is 4.20. The Balaban J connectivity index is 2.46. The van der Waals surface area contributed by atoms with Gasteiger partial charge >= 0.3 is 0 Å². The molecule has 2 heteroatoms. The average molecular weight is 185 g/mol. The van der Waals surface area contributed by atoms with Crippen LogP contribution in [0.1, 0.15) is 39.5 Å². The Morgan fingerprint density at radius 1 is 1.31 bits per heavy atom. The number of hydrogen-bond donors (Lipinski definition) is 2. The quantitative estimate of drug-likeness (QED) is 0.701. The van der Waals surface area contributed by atoms with Crippen molar-refractivity contribution in [2.75, 3.05) is 6.54 Å². The fourth-order valence-corrected chi connectivity index (χ4v) is 2.45. The fourth-order valence-electron chi connectivity index (χ4n) is 2.45. The standard InChI is InChI=1S/C11H23NO/c1-8(2)10(7-12)11(13)9-5-3-4-6-9/h8-11,13H,3-7,12H2,1-2H3. The van der Waals surface area contributed by atoms with E-state index in [1.165, 1.54) is 25.7 Å². The van der Waals surface area contributed by atoms with Crippen LogP contribution in [0.15, 0.2) is 0 Å². The molecule has 0 aromatic heterocycles. The van der Waals surface area contributed by atoms with Gasteiger partial charge in [0.1, 0.15) is 0 Å². The summed E-state index contributed by atoms with van der Waals surface area (Å²) in [6.07, 6.45) is 4.82. The van der Waals surface area contributed by atoms with Crippen molar-refractivity contribution in [1.82, 2.24) is 0 Å². The van der Waals surface area contributed by atoms with Crippen LogP contribution in [0.25, 0.3) is 0 Å². The molecule has 78 valence electrons. The van der Waals surface area contributed by atoms with Gasteiger partial charge in [-0.3, -0.25) is 0 Å². The second-order valence-electron chi connectivity index (χ2n) is 4.68. The van der Waals surface area contributed by atoms with E-state index in [0.29, 0.717) is 24.3 Å². The molecule has 1 saturated carbocycles. The molecule has 0 aliphatic heterocycles. The SMILES string of the molecule is CC(C)C(CN)C(O)C1CCCC1. The van der Waals surface area contributed by atoms with E-state index >= 15 is 0 Å². The fraction of sp³-hybridized carbons (Fsp3) is 1.00. The third-order valence-electron chi connectivity index (χ3n) is 3.45. The Labute approximate surface area is 81.5 Å². The second-order valence-corrected chi connectivity index (χ2v) is 4.68. The molecule has 0 saturated heterocycles. The second kappa shape index (κ2) is 4.97. The molecule has 2 nitrogen and oxygen atoms in total. The van der Waals surface area contributed by atoms with Gasteiger partial charge in [0.15, 0.2) is 0 Å². The molecule has 1 aliphatic carbocycles. The minimum atomic E-state index is -0.160. The number of nitrogens with two attached hydrogens (primary N) is 1. The first-order valence-corrected chi connectivity index (χ1v) is 5.55. The molecule has 2 atom stereocenters. The number of aliphatic hydroxyl groups excluding tert-OH is 1. The number of rotatable bonds is 4. The van der Waals surface area contributed by atoms with Crippen LogP contribution in [0.2, 0.25) is 0 Å². The third-order valence-corrected chi connectivity index (χ3v) is 3.45. The molecule has 1 aliphatic rings. The Morgan fingerprint density at radius 2 is 1.85 bits per heavy atom. The molecule has 0 amide bonds. The molecule has 1 fully saturated rings. The van der Waals surface area contributed by atoms with E-state index in [4.69, 9.17) is 5.73 Å². The first-order valence-electron chi connectivity index (χ1n) is 5.55. The molecular weight excluding hydrogens is 162 g/mol. The van der Waals surface area contributed by atoms with Gasteiger partial charge < -0.3 is 10.8 Å². The van der Waals surface area contributed by atoms with E-state index in [1.54, 1.807) is 0 Å². The zero-order valence-electron chi connectivity index (χ0n) is 8.87. The van der Waals surface area contributed by atoms with Crippen LogP contribution in [0.4, 0.5) is 0 Å². The highest BCUT2D eigenvalue weighted by Crippen LogP contribution is 2.32. The molecule has 0 bridgehead atoms. The lowest BCUT2D eigenvalue weighted by molar-refractivity contribution is 0.0360. The summed E-state index contributed by atoms with van der Waals surface area (Å²) in [6.45, 7) is 4.92. The molecule has 0 aromatic rings. The summed E-state index contributed by atoms with van der Waals surface area (Å²) in [6, 6.07) is 0. The molecule has 1 rings (SSSR count). The predicted octanol–water partition coefficient (Wildman–Crippen LogP) is 1.77. The molecule has 0 spiro atoms. The first kappa shape index (κ1) is 11.0. The minimum absolute atomic E-state index is 0.160. The van der Waals surface area contributed by atoms with Crippen LogP contribution < -0.4 is 5.73 Å². The lowest BCUT2D eigenvalue weighted by Gasteiger charge is -2.29. The number of aliphatic hydroxyl groups is 1. The van der Waals surface area contributed by atoms with Crippen LogP contribution >= 0.6 is 0 Å². The summed E-state index contributed by atoms with van der Waals surface area (Å²) in [5, 5.41) is 10.1. The van der Waals surface area contributed by atoms with Crippen molar-refractivity contribution in [1.29, 1.82) is 0 Å². The van der Waals surface area contributed by atoms with Crippen molar-refractivity contribution in [3.63, 3.8) is 0 Å². The van der Waals surface area contributed by atoms with Gasteiger partial charge in [-0.2, -0.15) is 0 Å². The van der Waals surface area contributed by atoms with Gasteiger partial charge in [0.25, 0.3) is 0 Å². The van der Waals surface area contributed by atoms with Gasteiger partial charge in [-0.1, -0.05) is 26.7 Å². The van der Waals surface area contributed by atoms with Crippen molar-refractivity contribution >= 4 is 0 Å². The predicted molar refractivity (Wildman–Crippen MR) is 55.3 cm³/mol.